The summed E-state index contributed by atoms with van der Waals surface area (Å²) in [5.41, 5.74) is 0.418. The molecule has 0 fully saturated rings. The Morgan fingerprint density at radius 1 is 1.14 bits per heavy atom. The Hall–Kier alpha value is -2.29. The molecular weight excluding hydrogens is 391 g/mol. The van der Waals surface area contributed by atoms with Gasteiger partial charge in [-0.3, -0.25) is 14.5 Å². The Morgan fingerprint density at radius 2 is 1.83 bits per heavy atom. The summed E-state index contributed by atoms with van der Waals surface area (Å²) in [7, 11) is 0. The standard InChI is InChI=1S/C20H26F3NO5/c1-14(2)24(13-20(21,22)23)8-3-9-29-19(26)7-5-16(25)15-4-6-17-18(12-15)28-11-10-27-17/h4,6,12,14H,3,5,7-11,13H2,1-2H3. The van der Waals surface area contributed by atoms with E-state index in [-0.39, 0.29) is 44.2 Å². The minimum atomic E-state index is -4.27. The third-order valence-electron chi connectivity index (χ3n) is 4.39. The molecule has 0 saturated heterocycles. The van der Waals surface area contributed by atoms with Crippen molar-refractivity contribution >= 4 is 11.8 Å². The summed E-state index contributed by atoms with van der Waals surface area (Å²) in [6, 6.07) is 4.59. The van der Waals surface area contributed by atoms with Crippen LogP contribution in [-0.2, 0) is 9.53 Å². The lowest BCUT2D eigenvalue weighted by atomic mass is 10.1. The van der Waals surface area contributed by atoms with Gasteiger partial charge in [-0.15, -0.1) is 0 Å². The van der Waals surface area contributed by atoms with Crippen LogP contribution in [0.3, 0.4) is 0 Å². The van der Waals surface area contributed by atoms with Crippen molar-refractivity contribution < 1.29 is 37.0 Å². The number of hydrogen-bond acceptors (Lipinski definition) is 6. The van der Waals surface area contributed by atoms with Gasteiger partial charge in [0.25, 0.3) is 0 Å². The molecule has 0 N–H and O–H groups in total. The first kappa shape index (κ1) is 23.0. The predicted molar refractivity (Wildman–Crippen MR) is 99.3 cm³/mol. The van der Waals surface area contributed by atoms with E-state index in [2.05, 4.69) is 0 Å². The lowest BCUT2D eigenvalue weighted by molar-refractivity contribution is -0.151. The van der Waals surface area contributed by atoms with Gasteiger partial charge in [-0.05, 0) is 38.5 Å². The van der Waals surface area contributed by atoms with Crippen LogP contribution in [0, 0.1) is 0 Å². The first-order chi connectivity index (χ1) is 13.7. The second-order valence-electron chi connectivity index (χ2n) is 7.04. The van der Waals surface area contributed by atoms with E-state index in [9.17, 15) is 22.8 Å². The van der Waals surface area contributed by atoms with Gasteiger partial charge in [-0.2, -0.15) is 13.2 Å². The normalized spacial score (nSPS) is 13.6. The van der Waals surface area contributed by atoms with Gasteiger partial charge < -0.3 is 14.2 Å². The molecule has 6 nitrogen and oxygen atoms in total. The average Bonchev–Trinajstić information content (AvgIpc) is 2.67. The highest BCUT2D eigenvalue weighted by molar-refractivity contribution is 5.98. The van der Waals surface area contributed by atoms with Gasteiger partial charge in [-0.25, -0.2) is 0 Å². The largest absolute Gasteiger partial charge is 0.486 e. The Morgan fingerprint density at radius 3 is 2.48 bits per heavy atom. The summed E-state index contributed by atoms with van der Waals surface area (Å²) < 4.78 is 53.5. The fourth-order valence-electron chi connectivity index (χ4n) is 2.85. The van der Waals surface area contributed by atoms with E-state index in [0.717, 1.165) is 0 Å². The molecule has 9 heteroatoms. The van der Waals surface area contributed by atoms with Crippen LogP contribution < -0.4 is 9.47 Å². The van der Waals surface area contributed by atoms with Crippen LogP contribution in [0.2, 0.25) is 0 Å². The number of benzene rings is 1. The molecule has 0 aliphatic carbocycles. The number of alkyl halides is 3. The minimum Gasteiger partial charge on any atom is -0.486 e. The molecule has 0 atom stereocenters. The van der Waals surface area contributed by atoms with E-state index in [1.165, 1.54) is 4.90 Å². The summed E-state index contributed by atoms with van der Waals surface area (Å²) in [4.78, 5) is 25.3. The van der Waals surface area contributed by atoms with E-state index in [1.54, 1.807) is 32.0 Å². The molecule has 0 amide bonds. The number of esters is 1. The Balaban J connectivity index is 1.69. The fraction of sp³-hybridized carbons (Fsp3) is 0.600. The van der Waals surface area contributed by atoms with Crippen LogP contribution in [-0.4, -0.2) is 61.8 Å². The number of ketones is 1. The molecule has 0 unspecified atom stereocenters. The molecule has 1 aromatic rings. The summed E-state index contributed by atoms with van der Waals surface area (Å²) in [6.45, 7) is 3.41. The van der Waals surface area contributed by atoms with Gasteiger partial charge >= 0.3 is 12.1 Å². The van der Waals surface area contributed by atoms with E-state index < -0.39 is 18.7 Å². The number of nitrogens with zero attached hydrogens (tertiary/aromatic N) is 1. The zero-order valence-corrected chi connectivity index (χ0v) is 16.6. The molecule has 1 aromatic carbocycles. The van der Waals surface area contributed by atoms with Gasteiger partial charge in [0.2, 0.25) is 0 Å². The molecular formula is C20H26F3NO5. The second-order valence-corrected chi connectivity index (χ2v) is 7.04. The third-order valence-corrected chi connectivity index (χ3v) is 4.39. The maximum atomic E-state index is 12.5. The number of carbonyl (C=O) groups excluding carboxylic acids is 2. The molecule has 0 spiro atoms. The number of carbonyl (C=O) groups is 2. The number of Topliss-reactive ketones (excluding diaryl/α,β-unsaturated/α-hetero) is 1. The molecule has 0 bridgehead atoms. The molecule has 1 heterocycles. The van der Waals surface area contributed by atoms with Crippen LogP contribution in [0.5, 0.6) is 11.5 Å². The van der Waals surface area contributed by atoms with Crippen LogP contribution in [0.4, 0.5) is 13.2 Å². The van der Waals surface area contributed by atoms with Crippen molar-refractivity contribution in [3.05, 3.63) is 23.8 Å². The van der Waals surface area contributed by atoms with Crippen molar-refractivity contribution in [1.29, 1.82) is 0 Å². The van der Waals surface area contributed by atoms with Crippen molar-refractivity contribution in [2.45, 2.75) is 45.3 Å². The zero-order valence-electron chi connectivity index (χ0n) is 16.6. The van der Waals surface area contributed by atoms with Gasteiger partial charge in [0.1, 0.15) is 13.2 Å². The predicted octanol–water partition coefficient (Wildman–Crippen LogP) is 3.63. The highest BCUT2D eigenvalue weighted by Crippen LogP contribution is 2.31. The Bertz CT molecular complexity index is 706. The van der Waals surface area contributed by atoms with Crippen molar-refractivity contribution in [2.24, 2.45) is 0 Å². The number of rotatable bonds is 10. The first-order valence-electron chi connectivity index (χ1n) is 9.55. The fourth-order valence-corrected chi connectivity index (χ4v) is 2.85. The average molecular weight is 417 g/mol. The second kappa shape index (κ2) is 10.5. The zero-order chi connectivity index (χ0) is 21.4. The highest BCUT2D eigenvalue weighted by Gasteiger charge is 2.31. The molecule has 29 heavy (non-hydrogen) atoms. The van der Waals surface area contributed by atoms with E-state index >= 15 is 0 Å². The smallest absolute Gasteiger partial charge is 0.401 e. The van der Waals surface area contributed by atoms with Crippen LogP contribution >= 0.6 is 0 Å². The van der Waals surface area contributed by atoms with Gasteiger partial charge in [0.15, 0.2) is 17.3 Å². The lowest BCUT2D eigenvalue weighted by Crippen LogP contribution is -2.40. The van der Waals surface area contributed by atoms with Crippen LogP contribution in [0.15, 0.2) is 18.2 Å². The number of hydrogen-bond donors (Lipinski definition) is 0. The molecule has 0 saturated carbocycles. The monoisotopic (exact) mass is 417 g/mol. The van der Waals surface area contributed by atoms with Crippen LogP contribution in [0.1, 0.15) is 43.5 Å². The van der Waals surface area contributed by atoms with Gasteiger partial charge in [0, 0.05) is 24.6 Å². The topological polar surface area (TPSA) is 65.1 Å². The molecule has 1 aliphatic heterocycles. The van der Waals surface area contributed by atoms with E-state index in [1.807, 2.05) is 0 Å². The first-order valence-corrected chi connectivity index (χ1v) is 9.55. The number of ether oxygens (including phenoxy) is 3. The Kier molecular flexibility index (Phi) is 8.31. The number of fused-ring (bicyclic) bond motifs is 1. The molecule has 1 aliphatic rings. The van der Waals surface area contributed by atoms with Crippen molar-refractivity contribution in [3.8, 4) is 11.5 Å². The minimum absolute atomic E-state index is 0.0120. The van der Waals surface area contributed by atoms with Crippen molar-refractivity contribution in [2.75, 3.05) is 32.9 Å². The Labute approximate surface area is 167 Å². The van der Waals surface area contributed by atoms with E-state index in [0.29, 0.717) is 30.3 Å². The molecule has 2 rings (SSSR count). The molecule has 0 aromatic heterocycles. The van der Waals surface area contributed by atoms with Crippen molar-refractivity contribution in [1.82, 2.24) is 4.90 Å². The SMILES string of the molecule is CC(C)N(CCCOC(=O)CCC(=O)c1ccc2c(c1)OCCO2)CC(F)(F)F. The highest BCUT2D eigenvalue weighted by atomic mass is 19.4. The maximum absolute atomic E-state index is 12.5. The maximum Gasteiger partial charge on any atom is 0.401 e. The summed E-state index contributed by atoms with van der Waals surface area (Å²) in [5, 5.41) is 0. The number of halogens is 3. The molecule has 0 radical (unpaired) electrons. The lowest BCUT2D eigenvalue weighted by Gasteiger charge is -2.27. The summed E-state index contributed by atoms with van der Waals surface area (Å²) >= 11 is 0. The summed E-state index contributed by atoms with van der Waals surface area (Å²) in [6.07, 6.45) is -4.10. The summed E-state index contributed by atoms with van der Waals surface area (Å²) in [5.74, 6) is 0.296. The van der Waals surface area contributed by atoms with E-state index in [4.69, 9.17) is 14.2 Å². The molecule has 162 valence electrons. The van der Waals surface area contributed by atoms with Gasteiger partial charge in [0.05, 0.1) is 19.6 Å². The quantitative estimate of drug-likeness (QED) is 0.329. The van der Waals surface area contributed by atoms with Crippen LogP contribution in [0.25, 0.3) is 0 Å². The third kappa shape index (κ3) is 7.92. The van der Waals surface area contributed by atoms with Crippen molar-refractivity contribution in [3.63, 3.8) is 0 Å². The van der Waals surface area contributed by atoms with Gasteiger partial charge in [-0.1, -0.05) is 0 Å².